The second-order valence-electron chi connectivity index (χ2n) is 2.91. The van der Waals surface area contributed by atoms with Crippen molar-refractivity contribution in [3.05, 3.63) is 16.1 Å². The molecule has 0 saturated heterocycles. The molecule has 1 aliphatic rings. The fourth-order valence-electron chi connectivity index (χ4n) is 0.932. The Morgan fingerprint density at radius 3 is 2.67 bits per heavy atom. The van der Waals surface area contributed by atoms with E-state index >= 15 is 0 Å². The maximum absolute atomic E-state index is 12.1. The highest BCUT2D eigenvalue weighted by Crippen LogP contribution is 2.46. The Balaban J connectivity index is 2.25. The van der Waals surface area contributed by atoms with Crippen LogP contribution in [0.3, 0.4) is 0 Å². The van der Waals surface area contributed by atoms with Gasteiger partial charge in [-0.1, -0.05) is 0 Å². The summed E-state index contributed by atoms with van der Waals surface area (Å²) in [5.41, 5.74) is -1.10. The molecule has 66 valence electrons. The van der Waals surface area contributed by atoms with Gasteiger partial charge in [-0.3, -0.25) is 0 Å². The van der Waals surface area contributed by atoms with Crippen LogP contribution in [0, 0.1) is 0 Å². The molecule has 2 rings (SSSR count). The summed E-state index contributed by atoms with van der Waals surface area (Å²) in [5.74, 6) is 0. The number of aliphatic hydroxyl groups is 1. The lowest BCUT2D eigenvalue weighted by Crippen LogP contribution is -2.03. The molecule has 5 heteroatoms. The Bertz CT molecular complexity index is 295. The number of hydrogen-bond acceptors (Lipinski definition) is 3. The van der Waals surface area contributed by atoms with Crippen molar-refractivity contribution in [1.82, 2.24) is 4.98 Å². The lowest BCUT2D eigenvalue weighted by Gasteiger charge is -1.99. The van der Waals surface area contributed by atoms with E-state index in [1.165, 1.54) is 5.38 Å². The van der Waals surface area contributed by atoms with Crippen LogP contribution in [0.5, 0.6) is 0 Å². The average molecular weight is 191 g/mol. The van der Waals surface area contributed by atoms with Gasteiger partial charge in [0.05, 0.1) is 0 Å². The molecule has 1 aromatic heterocycles. The molecular formula is C7H7F2NOS. The van der Waals surface area contributed by atoms with E-state index in [0.717, 1.165) is 11.3 Å². The molecule has 0 radical (unpaired) electrons. The van der Waals surface area contributed by atoms with Crippen molar-refractivity contribution in [3.8, 4) is 0 Å². The standard InChI is InChI=1S/C7H7F2NOS/c8-5(9)4-3-12-6(10-4)7(11)1-2-7/h3,5,11H,1-2H2. The molecule has 0 spiro atoms. The third-order valence-electron chi connectivity index (χ3n) is 1.87. The van der Waals surface area contributed by atoms with Gasteiger partial charge in [0, 0.05) is 5.38 Å². The first kappa shape index (κ1) is 8.07. The second kappa shape index (κ2) is 2.47. The summed E-state index contributed by atoms with van der Waals surface area (Å²) in [6.45, 7) is 0. The van der Waals surface area contributed by atoms with Gasteiger partial charge in [-0.25, -0.2) is 13.8 Å². The Hall–Kier alpha value is -0.550. The molecular weight excluding hydrogens is 184 g/mol. The van der Waals surface area contributed by atoms with Crippen molar-refractivity contribution in [3.63, 3.8) is 0 Å². The van der Waals surface area contributed by atoms with E-state index < -0.39 is 12.0 Å². The van der Waals surface area contributed by atoms with Crippen LogP contribution in [0.4, 0.5) is 8.78 Å². The molecule has 0 aliphatic heterocycles. The third-order valence-corrected chi connectivity index (χ3v) is 2.92. The van der Waals surface area contributed by atoms with Crippen LogP contribution < -0.4 is 0 Å². The Morgan fingerprint density at radius 2 is 2.25 bits per heavy atom. The molecule has 1 fully saturated rings. The van der Waals surface area contributed by atoms with Crippen LogP contribution >= 0.6 is 11.3 Å². The first-order valence-corrected chi connectivity index (χ1v) is 4.46. The van der Waals surface area contributed by atoms with Crippen LogP contribution in [-0.2, 0) is 5.60 Å². The van der Waals surface area contributed by atoms with E-state index in [1.54, 1.807) is 0 Å². The van der Waals surface area contributed by atoms with Crippen molar-refractivity contribution in [2.45, 2.75) is 24.9 Å². The number of rotatable bonds is 2. The fraction of sp³-hybridized carbons (Fsp3) is 0.571. The lowest BCUT2D eigenvalue weighted by molar-refractivity contribution is 0.138. The smallest absolute Gasteiger partial charge is 0.281 e. The van der Waals surface area contributed by atoms with E-state index in [4.69, 9.17) is 0 Å². The Morgan fingerprint density at radius 1 is 1.58 bits per heavy atom. The molecule has 0 amide bonds. The van der Waals surface area contributed by atoms with Crippen molar-refractivity contribution in [2.24, 2.45) is 0 Å². The zero-order chi connectivity index (χ0) is 8.77. The quantitative estimate of drug-likeness (QED) is 0.776. The zero-order valence-electron chi connectivity index (χ0n) is 6.13. The molecule has 2 nitrogen and oxygen atoms in total. The van der Waals surface area contributed by atoms with Gasteiger partial charge in [0.15, 0.2) is 0 Å². The summed E-state index contributed by atoms with van der Waals surface area (Å²) in [6.07, 6.45) is -1.25. The monoisotopic (exact) mass is 191 g/mol. The summed E-state index contributed by atoms with van der Waals surface area (Å²) in [5, 5.41) is 11.2. The molecule has 1 aromatic rings. The molecule has 12 heavy (non-hydrogen) atoms. The van der Waals surface area contributed by atoms with Gasteiger partial charge in [-0.15, -0.1) is 11.3 Å². The van der Waals surface area contributed by atoms with Crippen LogP contribution in [0.15, 0.2) is 5.38 Å². The van der Waals surface area contributed by atoms with Gasteiger partial charge >= 0.3 is 0 Å². The number of aromatic nitrogens is 1. The average Bonchev–Trinajstić information content (AvgIpc) is 2.61. The fourth-order valence-corrected chi connectivity index (χ4v) is 1.90. The van der Waals surface area contributed by atoms with Crippen molar-refractivity contribution < 1.29 is 13.9 Å². The summed E-state index contributed by atoms with van der Waals surface area (Å²) in [6, 6.07) is 0. The van der Waals surface area contributed by atoms with Crippen molar-refractivity contribution >= 4 is 11.3 Å². The molecule has 1 heterocycles. The second-order valence-corrected chi connectivity index (χ2v) is 3.77. The van der Waals surface area contributed by atoms with Crippen molar-refractivity contribution in [2.75, 3.05) is 0 Å². The number of hydrogen-bond donors (Lipinski definition) is 1. The predicted octanol–water partition coefficient (Wildman–Crippen LogP) is 2.06. The van der Waals surface area contributed by atoms with Gasteiger partial charge in [-0.2, -0.15) is 0 Å². The number of halogens is 2. The van der Waals surface area contributed by atoms with E-state index in [0.29, 0.717) is 17.8 Å². The summed E-state index contributed by atoms with van der Waals surface area (Å²) in [7, 11) is 0. The van der Waals surface area contributed by atoms with Gasteiger partial charge < -0.3 is 5.11 Å². The minimum atomic E-state index is -2.53. The van der Waals surface area contributed by atoms with Crippen LogP contribution in [0.1, 0.15) is 30.0 Å². The Labute approximate surface area is 71.9 Å². The number of thiazole rings is 1. The molecule has 0 aromatic carbocycles. The molecule has 0 bridgehead atoms. The summed E-state index contributed by atoms with van der Waals surface area (Å²) in [4.78, 5) is 3.66. The highest BCUT2D eigenvalue weighted by atomic mass is 32.1. The largest absolute Gasteiger partial charge is 0.383 e. The molecule has 0 atom stereocenters. The highest BCUT2D eigenvalue weighted by molar-refractivity contribution is 7.09. The first-order valence-electron chi connectivity index (χ1n) is 3.58. The van der Waals surface area contributed by atoms with Gasteiger partial charge in [0.25, 0.3) is 6.43 Å². The maximum Gasteiger partial charge on any atom is 0.281 e. The first-order chi connectivity index (χ1) is 5.62. The Kier molecular flexibility index (Phi) is 1.66. The van der Waals surface area contributed by atoms with Crippen LogP contribution in [0.25, 0.3) is 0 Å². The maximum atomic E-state index is 12.1. The minimum absolute atomic E-state index is 0.227. The van der Waals surface area contributed by atoms with Crippen LogP contribution in [0.2, 0.25) is 0 Å². The van der Waals surface area contributed by atoms with E-state index in [-0.39, 0.29) is 5.69 Å². The third kappa shape index (κ3) is 1.23. The van der Waals surface area contributed by atoms with E-state index in [1.807, 2.05) is 0 Å². The zero-order valence-corrected chi connectivity index (χ0v) is 6.94. The number of nitrogens with zero attached hydrogens (tertiary/aromatic N) is 1. The molecule has 1 aliphatic carbocycles. The summed E-state index contributed by atoms with van der Waals surface area (Å²) >= 11 is 1.11. The normalized spacial score (nSPS) is 20.0. The van der Waals surface area contributed by atoms with E-state index in [2.05, 4.69) is 4.98 Å². The minimum Gasteiger partial charge on any atom is -0.383 e. The number of alkyl halides is 2. The molecule has 1 N–H and O–H groups in total. The van der Waals surface area contributed by atoms with Crippen LogP contribution in [-0.4, -0.2) is 10.1 Å². The van der Waals surface area contributed by atoms with Gasteiger partial charge in [-0.05, 0) is 12.8 Å². The molecule has 0 unspecified atom stereocenters. The van der Waals surface area contributed by atoms with E-state index in [9.17, 15) is 13.9 Å². The van der Waals surface area contributed by atoms with Gasteiger partial charge in [0.1, 0.15) is 16.3 Å². The predicted molar refractivity (Wildman–Crippen MR) is 40.2 cm³/mol. The topological polar surface area (TPSA) is 33.1 Å². The SMILES string of the molecule is OC1(c2nc(C(F)F)cs2)CC1. The van der Waals surface area contributed by atoms with Crippen molar-refractivity contribution in [1.29, 1.82) is 0 Å². The van der Waals surface area contributed by atoms with Gasteiger partial charge in [0.2, 0.25) is 0 Å². The summed E-state index contributed by atoms with van der Waals surface area (Å²) < 4.78 is 24.1. The lowest BCUT2D eigenvalue weighted by atomic mass is 10.4. The highest BCUT2D eigenvalue weighted by Gasteiger charge is 2.45. The molecule has 1 saturated carbocycles.